The molecular weight excluding hydrogens is 330 g/mol. The maximum atomic E-state index is 12.1. The topological polar surface area (TPSA) is 45.2 Å². The van der Waals surface area contributed by atoms with Crippen LogP contribution in [0.4, 0.5) is 0 Å². The summed E-state index contributed by atoms with van der Waals surface area (Å²) in [7, 11) is 1.85. The molecule has 122 valence electrons. The smallest absolute Gasteiger partial charge is 0.239 e. The molecule has 0 unspecified atom stereocenters. The fraction of sp³-hybridized carbons (Fsp3) is 0.412. The van der Waals surface area contributed by atoms with Crippen LogP contribution in [-0.2, 0) is 4.79 Å². The van der Waals surface area contributed by atoms with Crippen LogP contribution in [0.5, 0.6) is 0 Å². The van der Waals surface area contributed by atoms with E-state index in [4.69, 9.17) is 11.6 Å². The maximum Gasteiger partial charge on any atom is 0.239 e. The van der Waals surface area contributed by atoms with Crippen LogP contribution in [0.1, 0.15) is 30.0 Å². The zero-order valence-corrected chi connectivity index (χ0v) is 15.0. The molecule has 0 radical (unpaired) electrons. The van der Waals surface area contributed by atoms with Crippen molar-refractivity contribution in [2.75, 3.05) is 13.6 Å². The van der Waals surface area contributed by atoms with E-state index in [1.807, 2.05) is 38.2 Å². The molecule has 1 aromatic carbocycles. The SMILES string of the molecule is Cc1nc(-c2ccc(Cl)cc2)sc1[C@@H](C)N[C@H]1CCN(C)C1=O. The van der Waals surface area contributed by atoms with Crippen molar-refractivity contribution in [2.45, 2.75) is 32.4 Å². The number of nitrogens with zero attached hydrogens (tertiary/aromatic N) is 2. The second-order valence-electron chi connectivity index (χ2n) is 5.96. The summed E-state index contributed by atoms with van der Waals surface area (Å²) in [6.07, 6.45) is 0.863. The number of carbonyl (C=O) groups is 1. The Morgan fingerprint density at radius 2 is 2.09 bits per heavy atom. The first-order chi connectivity index (χ1) is 11.0. The predicted molar refractivity (Wildman–Crippen MR) is 94.9 cm³/mol. The van der Waals surface area contributed by atoms with Crippen LogP contribution >= 0.6 is 22.9 Å². The molecule has 2 atom stereocenters. The monoisotopic (exact) mass is 349 g/mol. The molecule has 2 heterocycles. The molecule has 1 aliphatic heterocycles. The van der Waals surface area contributed by atoms with Gasteiger partial charge in [0, 0.05) is 35.1 Å². The van der Waals surface area contributed by atoms with E-state index in [2.05, 4.69) is 17.2 Å². The van der Waals surface area contributed by atoms with Gasteiger partial charge in [-0.2, -0.15) is 0 Å². The van der Waals surface area contributed by atoms with E-state index >= 15 is 0 Å². The summed E-state index contributed by atoms with van der Waals surface area (Å²) < 4.78 is 0. The molecule has 6 heteroatoms. The van der Waals surface area contributed by atoms with Gasteiger partial charge in [-0.25, -0.2) is 4.98 Å². The first-order valence-electron chi connectivity index (χ1n) is 7.70. The summed E-state index contributed by atoms with van der Waals surface area (Å²) in [4.78, 5) is 19.7. The van der Waals surface area contributed by atoms with Crippen LogP contribution in [0.15, 0.2) is 24.3 Å². The zero-order valence-electron chi connectivity index (χ0n) is 13.5. The highest BCUT2D eigenvalue weighted by Crippen LogP contribution is 2.32. The van der Waals surface area contributed by atoms with Gasteiger partial charge >= 0.3 is 0 Å². The van der Waals surface area contributed by atoms with Crippen molar-refractivity contribution < 1.29 is 4.79 Å². The van der Waals surface area contributed by atoms with E-state index in [0.29, 0.717) is 0 Å². The van der Waals surface area contributed by atoms with Crippen LogP contribution in [0.25, 0.3) is 10.6 Å². The van der Waals surface area contributed by atoms with Crippen LogP contribution in [0.2, 0.25) is 5.02 Å². The highest BCUT2D eigenvalue weighted by molar-refractivity contribution is 7.15. The Morgan fingerprint density at radius 1 is 1.39 bits per heavy atom. The molecule has 1 N–H and O–H groups in total. The lowest BCUT2D eigenvalue weighted by Gasteiger charge is -2.17. The van der Waals surface area contributed by atoms with Crippen LogP contribution < -0.4 is 5.32 Å². The average Bonchev–Trinajstić information content (AvgIpc) is 3.06. The maximum absolute atomic E-state index is 12.1. The third-order valence-corrected chi connectivity index (χ3v) is 5.84. The number of rotatable bonds is 4. The van der Waals surface area contributed by atoms with Crippen molar-refractivity contribution in [3.8, 4) is 10.6 Å². The number of aryl methyl sites for hydroxylation is 1. The van der Waals surface area contributed by atoms with E-state index in [1.54, 1.807) is 16.2 Å². The Kier molecular flexibility index (Phi) is 4.71. The number of carbonyl (C=O) groups excluding carboxylic acids is 1. The van der Waals surface area contributed by atoms with E-state index in [1.165, 1.54) is 4.88 Å². The third-order valence-electron chi connectivity index (χ3n) is 4.20. The largest absolute Gasteiger partial charge is 0.344 e. The number of halogens is 1. The van der Waals surface area contributed by atoms with E-state index in [-0.39, 0.29) is 18.0 Å². The Labute approximate surface area is 145 Å². The van der Waals surface area contributed by atoms with Crippen molar-refractivity contribution in [1.29, 1.82) is 0 Å². The van der Waals surface area contributed by atoms with Gasteiger partial charge in [0.15, 0.2) is 0 Å². The number of likely N-dealkylation sites (N-methyl/N-ethyl adjacent to an activating group) is 1. The standard InChI is InChI=1S/C17H20ClN3OS/c1-10(19-14-8-9-21(3)17(14)22)15-11(2)20-16(23-15)12-4-6-13(18)7-5-12/h4-7,10,14,19H,8-9H2,1-3H3/t10-,14+/m1/s1. The number of hydrogen-bond acceptors (Lipinski definition) is 4. The number of nitrogens with one attached hydrogen (secondary N) is 1. The number of hydrogen-bond donors (Lipinski definition) is 1. The molecule has 1 fully saturated rings. The first kappa shape index (κ1) is 16.4. The first-order valence-corrected chi connectivity index (χ1v) is 8.89. The van der Waals surface area contributed by atoms with Gasteiger partial charge in [-0.3, -0.25) is 10.1 Å². The minimum Gasteiger partial charge on any atom is -0.344 e. The van der Waals surface area contributed by atoms with Crippen molar-refractivity contribution in [2.24, 2.45) is 0 Å². The second-order valence-corrected chi connectivity index (χ2v) is 7.43. The summed E-state index contributed by atoms with van der Waals surface area (Å²) in [6, 6.07) is 7.74. The van der Waals surface area contributed by atoms with Gasteiger partial charge in [0.05, 0.1) is 11.7 Å². The van der Waals surface area contributed by atoms with Gasteiger partial charge in [-0.15, -0.1) is 11.3 Å². The van der Waals surface area contributed by atoms with Crippen LogP contribution in [-0.4, -0.2) is 35.4 Å². The molecule has 3 rings (SSSR count). The van der Waals surface area contributed by atoms with Gasteiger partial charge in [-0.05, 0) is 32.4 Å². The number of amides is 1. The van der Waals surface area contributed by atoms with Crippen LogP contribution in [0, 0.1) is 6.92 Å². The van der Waals surface area contributed by atoms with E-state index < -0.39 is 0 Å². The Hall–Kier alpha value is -1.43. The summed E-state index contributed by atoms with van der Waals surface area (Å²) in [5.41, 5.74) is 2.08. The number of thiazole rings is 1. The molecule has 1 aliphatic rings. The molecule has 2 aromatic rings. The molecule has 0 saturated carbocycles. The quantitative estimate of drug-likeness (QED) is 0.916. The van der Waals surface area contributed by atoms with E-state index in [0.717, 1.165) is 34.3 Å². The molecule has 0 bridgehead atoms. The summed E-state index contributed by atoms with van der Waals surface area (Å²) in [5, 5.41) is 5.16. The normalized spacial score (nSPS) is 19.4. The molecule has 1 amide bonds. The fourth-order valence-corrected chi connectivity index (χ4v) is 4.09. The molecule has 0 spiro atoms. The van der Waals surface area contributed by atoms with Gasteiger partial charge in [0.25, 0.3) is 0 Å². The molecule has 1 aromatic heterocycles. The zero-order chi connectivity index (χ0) is 16.6. The summed E-state index contributed by atoms with van der Waals surface area (Å²) in [5.74, 6) is 0.178. The number of aromatic nitrogens is 1. The van der Waals surface area contributed by atoms with Crippen molar-refractivity contribution in [1.82, 2.24) is 15.2 Å². The van der Waals surface area contributed by atoms with Crippen LogP contribution in [0.3, 0.4) is 0 Å². The predicted octanol–water partition coefficient (Wildman–Crippen LogP) is 3.65. The lowest BCUT2D eigenvalue weighted by molar-refractivity contribution is -0.128. The number of benzene rings is 1. The van der Waals surface area contributed by atoms with Gasteiger partial charge in [0.1, 0.15) is 5.01 Å². The minimum absolute atomic E-state index is 0.0875. The van der Waals surface area contributed by atoms with Gasteiger partial charge in [0.2, 0.25) is 5.91 Å². The van der Waals surface area contributed by atoms with E-state index in [9.17, 15) is 4.79 Å². The molecule has 0 aliphatic carbocycles. The minimum atomic E-state index is -0.0875. The van der Waals surface area contributed by atoms with Crippen molar-refractivity contribution in [3.05, 3.63) is 39.9 Å². The van der Waals surface area contributed by atoms with Gasteiger partial charge < -0.3 is 4.90 Å². The molecule has 23 heavy (non-hydrogen) atoms. The molecular formula is C17H20ClN3OS. The van der Waals surface area contributed by atoms with Crippen molar-refractivity contribution >= 4 is 28.8 Å². The van der Waals surface area contributed by atoms with Crippen molar-refractivity contribution in [3.63, 3.8) is 0 Å². The third kappa shape index (κ3) is 3.42. The average molecular weight is 350 g/mol. The Balaban J connectivity index is 1.78. The highest BCUT2D eigenvalue weighted by Gasteiger charge is 2.30. The highest BCUT2D eigenvalue weighted by atomic mass is 35.5. The molecule has 1 saturated heterocycles. The second kappa shape index (κ2) is 6.59. The fourth-order valence-electron chi connectivity index (χ4n) is 2.88. The Morgan fingerprint density at radius 3 is 2.70 bits per heavy atom. The lowest BCUT2D eigenvalue weighted by atomic mass is 10.2. The lowest BCUT2D eigenvalue weighted by Crippen LogP contribution is -2.38. The Bertz CT molecular complexity index is 713. The summed E-state index contributed by atoms with van der Waals surface area (Å²) >= 11 is 7.61. The summed E-state index contributed by atoms with van der Waals surface area (Å²) in [6.45, 7) is 4.94. The molecule has 4 nitrogen and oxygen atoms in total. The number of likely N-dealkylation sites (tertiary alicyclic amines) is 1. The van der Waals surface area contributed by atoms with Gasteiger partial charge in [-0.1, -0.05) is 23.7 Å².